The Morgan fingerprint density at radius 3 is 2.44 bits per heavy atom. The van der Waals surface area contributed by atoms with Gasteiger partial charge in [0.1, 0.15) is 0 Å². The maximum absolute atomic E-state index is 9.99. The third-order valence-electron chi connectivity index (χ3n) is 6.06. The molecule has 0 spiro atoms. The predicted molar refractivity (Wildman–Crippen MR) is 134 cm³/mol. The number of halogens is 1. The highest BCUT2D eigenvalue weighted by Gasteiger charge is 2.19. The van der Waals surface area contributed by atoms with Crippen LogP contribution in [-0.4, -0.2) is 19.6 Å². The van der Waals surface area contributed by atoms with Gasteiger partial charge < -0.3 is 14.7 Å². The number of fused-ring (bicyclic) bond motifs is 4. The van der Waals surface area contributed by atoms with Gasteiger partial charge in [-0.15, -0.1) is 0 Å². The van der Waals surface area contributed by atoms with Crippen LogP contribution < -0.4 is 0 Å². The number of para-hydroxylation sites is 2. The van der Waals surface area contributed by atoms with Crippen molar-refractivity contribution in [1.29, 1.82) is 0 Å². The highest BCUT2D eigenvalue weighted by atomic mass is 79.9. The van der Waals surface area contributed by atoms with Crippen molar-refractivity contribution in [2.24, 2.45) is 0 Å². The zero-order valence-corrected chi connectivity index (χ0v) is 18.8. The van der Waals surface area contributed by atoms with Crippen molar-refractivity contribution in [3.63, 3.8) is 0 Å². The summed E-state index contributed by atoms with van der Waals surface area (Å²) in [6.45, 7) is 0.629. The van der Waals surface area contributed by atoms with Crippen LogP contribution in [0.1, 0.15) is 11.3 Å². The summed E-state index contributed by atoms with van der Waals surface area (Å²) in [4.78, 5) is 8.31. The number of aliphatic hydroxyl groups is 1. The van der Waals surface area contributed by atoms with Crippen molar-refractivity contribution in [1.82, 2.24) is 14.5 Å². The molecule has 0 aliphatic rings. The van der Waals surface area contributed by atoms with Gasteiger partial charge in [-0.05, 0) is 35.9 Å². The van der Waals surface area contributed by atoms with Gasteiger partial charge in [-0.25, -0.2) is 4.98 Å². The highest BCUT2D eigenvalue weighted by molar-refractivity contribution is 9.10. The van der Waals surface area contributed by atoms with E-state index in [1.54, 1.807) is 0 Å². The summed E-state index contributed by atoms with van der Waals surface area (Å²) in [5, 5.41) is 13.4. The summed E-state index contributed by atoms with van der Waals surface area (Å²) in [7, 11) is 0. The normalized spacial score (nSPS) is 11.7. The molecule has 3 aromatic carbocycles. The third-order valence-corrected chi connectivity index (χ3v) is 6.59. The minimum atomic E-state index is -0.0997. The molecule has 4 nitrogen and oxygen atoms in total. The maximum atomic E-state index is 9.99. The number of H-pyrrole nitrogens is 1. The van der Waals surface area contributed by atoms with E-state index >= 15 is 0 Å². The fraction of sp³-hybridized carbons (Fsp3) is 0.0741. The Morgan fingerprint density at radius 1 is 0.875 bits per heavy atom. The van der Waals surface area contributed by atoms with Gasteiger partial charge in [-0.2, -0.15) is 0 Å². The summed E-state index contributed by atoms with van der Waals surface area (Å²) < 4.78 is 3.41. The fourth-order valence-corrected chi connectivity index (χ4v) is 4.86. The minimum Gasteiger partial charge on any atom is -0.390 e. The van der Waals surface area contributed by atoms with E-state index in [1.807, 2.05) is 24.4 Å². The molecule has 0 unspecified atom stereocenters. The number of pyridine rings is 1. The average molecular weight is 482 g/mol. The molecule has 0 aliphatic heterocycles. The average Bonchev–Trinajstić information content (AvgIpc) is 3.40. The molecule has 0 atom stereocenters. The molecule has 32 heavy (non-hydrogen) atoms. The summed E-state index contributed by atoms with van der Waals surface area (Å²) in [6, 6.07) is 27.2. The smallest absolute Gasteiger partial charge is 0.0971 e. The molecule has 0 bridgehead atoms. The van der Waals surface area contributed by atoms with Crippen LogP contribution in [0, 0.1) is 0 Å². The number of aliphatic hydroxyl groups excluding tert-OH is 1. The van der Waals surface area contributed by atoms with Gasteiger partial charge in [0.2, 0.25) is 0 Å². The number of nitrogens with zero attached hydrogens (tertiary/aromatic N) is 2. The van der Waals surface area contributed by atoms with Crippen molar-refractivity contribution < 1.29 is 5.11 Å². The van der Waals surface area contributed by atoms with E-state index in [-0.39, 0.29) is 6.61 Å². The molecule has 0 saturated carbocycles. The second-order valence-electron chi connectivity index (χ2n) is 7.99. The van der Waals surface area contributed by atoms with Crippen molar-refractivity contribution >= 4 is 48.6 Å². The number of hydrogen-bond acceptors (Lipinski definition) is 2. The molecule has 6 aromatic rings. The van der Waals surface area contributed by atoms with Gasteiger partial charge in [0.05, 0.1) is 23.5 Å². The molecular formula is C27H20BrN3O. The molecule has 0 saturated heterocycles. The molecule has 156 valence electrons. The Hall–Kier alpha value is -3.41. The summed E-state index contributed by atoms with van der Waals surface area (Å²) in [6.07, 6.45) is 2.02. The number of aromatic amines is 1. The van der Waals surface area contributed by atoms with Crippen LogP contribution in [0.15, 0.2) is 89.5 Å². The van der Waals surface area contributed by atoms with E-state index in [0.29, 0.717) is 5.69 Å². The van der Waals surface area contributed by atoms with Crippen LogP contribution in [0.25, 0.3) is 44.0 Å². The number of rotatable bonds is 4. The van der Waals surface area contributed by atoms with Crippen LogP contribution in [0.3, 0.4) is 0 Å². The first-order valence-electron chi connectivity index (χ1n) is 10.6. The molecule has 2 N–H and O–H groups in total. The van der Waals surface area contributed by atoms with Gasteiger partial charge in [-0.3, -0.25) is 0 Å². The first-order chi connectivity index (χ1) is 15.7. The highest BCUT2D eigenvalue weighted by Crippen LogP contribution is 2.38. The number of nitrogens with one attached hydrogen (secondary N) is 1. The number of aromatic nitrogens is 3. The molecule has 3 heterocycles. The lowest BCUT2D eigenvalue weighted by atomic mass is 10.1. The quantitative estimate of drug-likeness (QED) is 0.296. The van der Waals surface area contributed by atoms with Crippen molar-refractivity contribution in [2.45, 2.75) is 13.2 Å². The van der Waals surface area contributed by atoms with Gasteiger partial charge in [-0.1, -0.05) is 64.5 Å². The molecule has 6 rings (SSSR count). The van der Waals surface area contributed by atoms with Crippen LogP contribution in [0.5, 0.6) is 0 Å². The lowest BCUT2D eigenvalue weighted by Crippen LogP contribution is -2.02. The monoisotopic (exact) mass is 481 g/mol. The van der Waals surface area contributed by atoms with Crippen molar-refractivity contribution in [3.05, 3.63) is 101 Å². The molecule has 0 radical (unpaired) electrons. The first-order valence-corrected chi connectivity index (χ1v) is 11.3. The second-order valence-corrected chi connectivity index (χ2v) is 8.91. The minimum absolute atomic E-state index is 0.0997. The van der Waals surface area contributed by atoms with Crippen LogP contribution in [0.4, 0.5) is 0 Å². The van der Waals surface area contributed by atoms with Crippen LogP contribution in [-0.2, 0) is 13.2 Å². The number of hydrogen-bond donors (Lipinski definition) is 2. The number of benzene rings is 3. The van der Waals surface area contributed by atoms with E-state index in [9.17, 15) is 5.11 Å². The Kier molecular flexibility index (Phi) is 4.59. The van der Waals surface area contributed by atoms with Gasteiger partial charge in [0.25, 0.3) is 0 Å². The lowest BCUT2D eigenvalue weighted by molar-refractivity contribution is 0.277. The van der Waals surface area contributed by atoms with E-state index in [4.69, 9.17) is 4.98 Å². The standard InChI is InChI=1S/C27H20BrN3O/c28-18-11-9-17(10-12-18)15-31-25-8-4-2-6-21(25)22-13-19(16-32)30-26(27(22)31)23-14-29-24-7-3-1-5-20(23)24/h1-14,29,32H,15-16H2. The van der Waals surface area contributed by atoms with E-state index in [1.165, 1.54) is 5.56 Å². The van der Waals surface area contributed by atoms with E-state index < -0.39 is 0 Å². The third kappa shape index (κ3) is 3.05. The molecule has 0 fully saturated rings. The largest absolute Gasteiger partial charge is 0.390 e. The van der Waals surface area contributed by atoms with Crippen LogP contribution >= 0.6 is 15.9 Å². The molecule has 0 aliphatic carbocycles. The second kappa shape index (κ2) is 7.62. The molecular weight excluding hydrogens is 462 g/mol. The Labute approximate surface area is 193 Å². The predicted octanol–water partition coefficient (Wildman–Crippen LogP) is 6.64. The SMILES string of the molecule is OCc1cc2c3ccccc3n(Cc3ccc(Br)cc3)c2c(-c2c[nH]c3ccccc23)n1. The van der Waals surface area contributed by atoms with Crippen molar-refractivity contribution in [3.8, 4) is 11.3 Å². The molecule has 3 aromatic heterocycles. The summed E-state index contributed by atoms with van der Waals surface area (Å²) >= 11 is 3.54. The Morgan fingerprint density at radius 2 is 1.62 bits per heavy atom. The van der Waals surface area contributed by atoms with Gasteiger partial charge in [0.15, 0.2) is 0 Å². The first kappa shape index (κ1) is 19.3. The summed E-state index contributed by atoms with van der Waals surface area (Å²) in [5.41, 5.74) is 7.12. The van der Waals surface area contributed by atoms with Crippen LogP contribution in [0.2, 0.25) is 0 Å². The molecule has 0 amide bonds. The fourth-order valence-electron chi connectivity index (χ4n) is 4.60. The van der Waals surface area contributed by atoms with Gasteiger partial charge >= 0.3 is 0 Å². The summed E-state index contributed by atoms with van der Waals surface area (Å²) in [5.74, 6) is 0. The Bertz CT molecular complexity index is 1600. The topological polar surface area (TPSA) is 53.8 Å². The zero-order valence-electron chi connectivity index (χ0n) is 17.2. The van der Waals surface area contributed by atoms with Crippen molar-refractivity contribution in [2.75, 3.05) is 0 Å². The van der Waals surface area contributed by atoms with Gasteiger partial charge in [0, 0.05) is 50.0 Å². The molecule has 5 heteroatoms. The Balaban J connectivity index is 1.71. The zero-order chi connectivity index (χ0) is 21.7. The van der Waals surface area contributed by atoms with E-state index in [0.717, 1.165) is 55.0 Å². The maximum Gasteiger partial charge on any atom is 0.0971 e. The lowest BCUT2D eigenvalue weighted by Gasteiger charge is -2.12. The van der Waals surface area contributed by atoms with E-state index in [2.05, 4.69) is 86.1 Å².